The second kappa shape index (κ2) is 6.04. The van der Waals surface area contributed by atoms with Crippen LogP contribution >= 0.6 is 0 Å². The monoisotopic (exact) mass is 314 g/mol. The van der Waals surface area contributed by atoms with Crippen LogP contribution in [0.4, 0.5) is 11.5 Å². The van der Waals surface area contributed by atoms with E-state index in [9.17, 15) is 0 Å². The summed E-state index contributed by atoms with van der Waals surface area (Å²) in [6.07, 6.45) is 3.49. The Balaban J connectivity index is 1.99. The molecule has 7 nitrogen and oxygen atoms in total. The van der Waals surface area contributed by atoms with Gasteiger partial charge in [0.05, 0.1) is 39.4 Å². The van der Waals surface area contributed by atoms with Crippen LogP contribution in [-0.4, -0.2) is 35.9 Å². The van der Waals surface area contributed by atoms with Gasteiger partial charge in [0.2, 0.25) is 5.75 Å². The predicted molar refractivity (Wildman–Crippen MR) is 87.9 cm³/mol. The van der Waals surface area contributed by atoms with E-state index in [1.165, 1.54) is 0 Å². The van der Waals surface area contributed by atoms with Crippen molar-refractivity contribution in [3.8, 4) is 17.2 Å². The van der Waals surface area contributed by atoms with Crippen LogP contribution in [0.2, 0.25) is 0 Å². The van der Waals surface area contributed by atoms with Crippen molar-refractivity contribution in [3.05, 3.63) is 30.7 Å². The minimum Gasteiger partial charge on any atom is -0.493 e. The Kier molecular flexibility index (Phi) is 3.92. The van der Waals surface area contributed by atoms with Crippen molar-refractivity contribution in [1.29, 1.82) is 0 Å². The number of rotatable bonds is 5. The number of pyridine rings is 1. The van der Waals surface area contributed by atoms with Crippen LogP contribution in [0.1, 0.15) is 0 Å². The molecule has 23 heavy (non-hydrogen) atoms. The third kappa shape index (κ3) is 2.73. The van der Waals surface area contributed by atoms with Gasteiger partial charge in [0, 0.05) is 30.9 Å². The average Bonchev–Trinajstić information content (AvgIpc) is 2.94. The van der Waals surface area contributed by atoms with Crippen LogP contribution in [0, 0.1) is 0 Å². The van der Waals surface area contributed by atoms with E-state index in [2.05, 4.69) is 15.3 Å². The van der Waals surface area contributed by atoms with E-state index in [4.69, 9.17) is 14.2 Å². The number of methoxy groups -OCH3 is 3. The molecule has 1 aromatic carbocycles. The van der Waals surface area contributed by atoms with E-state index in [-0.39, 0.29) is 0 Å². The number of hydrogen-bond acceptors (Lipinski definition) is 6. The maximum Gasteiger partial charge on any atom is 0.203 e. The second-order valence-electron chi connectivity index (χ2n) is 4.95. The number of nitrogens with one attached hydrogen (secondary N) is 1. The number of anilines is 2. The topological polar surface area (TPSA) is 70.4 Å². The van der Waals surface area contributed by atoms with Crippen LogP contribution in [0.15, 0.2) is 30.7 Å². The van der Waals surface area contributed by atoms with Gasteiger partial charge in [-0.2, -0.15) is 0 Å². The molecule has 0 amide bonds. The number of fused-ring (bicyclic) bond motifs is 1. The molecule has 0 aliphatic heterocycles. The summed E-state index contributed by atoms with van der Waals surface area (Å²) in [6, 6.07) is 5.60. The summed E-state index contributed by atoms with van der Waals surface area (Å²) in [7, 11) is 6.69. The highest BCUT2D eigenvalue weighted by molar-refractivity contribution is 5.78. The van der Waals surface area contributed by atoms with E-state index < -0.39 is 0 Å². The molecule has 0 saturated carbocycles. The van der Waals surface area contributed by atoms with Gasteiger partial charge in [-0.05, 0) is 0 Å². The first-order valence-electron chi connectivity index (χ1n) is 7.00. The van der Waals surface area contributed by atoms with Crippen LogP contribution < -0.4 is 19.5 Å². The van der Waals surface area contributed by atoms with Crippen LogP contribution in [0.3, 0.4) is 0 Å². The summed E-state index contributed by atoms with van der Waals surface area (Å²) in [4.78, 5) is 8.63. The number of imidazole rings is 1. The van der Waals surface area contributed by atoms with E-state index in [0.717, 1.165) is 16.7 Å². The largest absolute Gasteiger partial charge is 0.493 e. The fraction of sp³-hybridized carbons (Fsp3) is 0.250. The first-order valence-corrected chi connectivity index (χ1v) is 7.00. The Morgan fingerprint density at radius 2 is 1.65 bits per heavy atom. The molecule has 0 aliphatic carbocycles. The normalized spacial score (nSPS) is 10.6. The lowest BCUT2D eigenvalue weighted by Crippen LogP contribution is -1.99. The van der Waals surface area contributed by atoms with E-state index >= 15 is 0 Å². The molecule has 0 spiro atoms. The van der Waals surface area contributed by atoms with Gasteiger partial charge in [-0.15, -0.1) is 0 Å². The third-order valence-corrected chi connectivity index (χ3v) is 3.55. The molecule has 0 atom stereocenters. The van der Waals surface area contributed by atoms with Gasteiger partial charge in [-0.25, -0.2) is 9.97 Å². The lowest BCUT2D eigenvalue weighted by Gasteiger charge is -2.14. The molecule has 2 heterocycles. The predicted octanol–water partition coefficient (Wildman–Crippen LogP) is 2.74. The third-order valence-electron chi connectivity index (χ3n) is 3.55. The lowest BCUT2D eigenvalue weighted by molar-refractivity contribution is 0.324. The number of aryl methyl sites for hydroxylation is 1. The van der Waals surface area contributed by atoms with Gasteiger partial charge in [0.25, 0.3) is 0 Å². The number of benzene rings is 1. The van der Waals surface area contributed by atoms with Gasteiger partial charge < -0.3 is 24.1 Å². The zero-order valence-corrected chi connectivity index (χ0v) is 13.5. The molecule has 7 heteroatoms. The fourth-order valence-electron chi connectivity index (χ4n) is 2.40. The van der Waals surface area contributed by atoms with Crippen molar-refractivity contribution < 1.29 is 14.2 Å². The van der Waals surface area contributed by atoms with Crippen molar-refractivity contribution in [2.75, 3.05) is 26.6 Å². The number of hydrogen-bond donors (Lipinski definition) is 1. The summed E-state index contributed by atoms with van der Waals surface area (Å²) >= 11 is 0. The van der Waals surface area contributed by atoms with Crippen molar-refractivity contribution in [2.45, 2.75) is 0 Å². The lowest BCUT2D eigenvalue weighted by atomic mass is 10.2. The number of nitrogens with zero attached hydrogens (tertiary/aromatic N) is 3. The van der Waals surface area contributed by atoms with Gasteiger partial charge in [-0.1, -0.05) is 0 Å². The van der Waals surface area contributed by atoms with Crippen LogP contribution in [-0.2, 0) is 7.05 Å². The molecule has 1 N–H and O–H groups in total. The number of aromatic nitrogens is 3. The van der Waals surface area contributed by atoms with Crippen molar-refractivity contribution in [1.82, 2.24) is 14.5 Å². The molecule has 3 rings (SSSR count). The Hall–Kier alpha value is -2.96. The fourth-order valence-corrected chi connectivity index (χ4v) is 2.40. The highest BCUT2D eigenvalue weighted by Crippen LogP contribution is 2.40. The first-order chi connectivity index (χ1) is 11.2. The summed E-state index contributed by atoms with van der Waals surface area (Å²) in [5.41, 5.74) is 2.63. The standard InChI is InChI=1S/C16H18N4O3/c1-20-9-18-11-8-17-15(7-12(11)20)19-10-5-13(21-2)16(23-4)14(6-10)22-3/h5-9H,1-4H3,(H,17,19). The zero-order chi connectivity index (χ0) is 16.4. The minimum atomic E-state index is 0.551. The van der Waals surface area contributed by atoms with E-state index in [1.807, 2.05) is 29.8 Å². The highest BCUT2D eigenvalue weighted by Gasteiger charge is 2.13. The molecule has 0 aliphatic rings. The Morgan fingerprint density at radius 1 is 0.957 bits per heavy atom. The molecule has 0 saturated heterocycles. The molecule has 2 aromatic heterocycles. The second-order valence-corrected chi connectivity index (χ2v) is 4.95. The Labute approximate surface area is 133 Å². The highest BCUT2D eigenvalue weighted by atomic mass is 16.5. The van der Waals surface area contributed by atoms with Crippen molar-refractivity contribution in [2.24, 2.45) is 7.05 Å². The van der Waals surface area contributed by atoms with E-state index in [0.29, 0.717) is 23.1 Å². The first kappa shape index (κ1) is 15.0. The summed E-state index contributed by atoms with van der Waals surface area (Å²) in [6.45, 7) is 0. The van der Waals surface area contributed by atoms with Crippen molar-refractivity contribution in [3.63, 3.8) is 0 Å². The molecule has 0 fully saturated rings. The SMILES string of the molecule is COc1cc(Nc2cc3c(cn2)ncn3C)cc(OC)c1OC. The Morgan fingerprint density at radius 3 is 2.26 bits per heavy atom. The average molecular weight is 314 g/mol. The van der Waals surface area contributed by atoms with Crippen LogP contribution in [0.25, 0.3) is 11.0 Å². The number of ether oxygens (including phenoxy) is 3. The molecule has 0 radical (unpaired) electrons. The zero-order valence-electron chi connectivity index (χ0n) is 13.5. The van der Waals surface area contributed by atoms with Gasteiger partial charge >= 0.3 is 0 Å². The van der Waals surface area contributed by atoms with Gasteiger partial charge in [0.15, 0.2) is 11.5 Å². The quantitative estimate of drug-likeness (QED) is 0.781. The maximum atomic E-state index is 5.35. The smallest absolute Gasteiger partial charge is 0.203 e. The van der Waals surface area contributed by atoms with Crippen molar-refractivity contribution >= 4 is 22.5 Å². The minimum absolute atomic E-state index is 0.551. The molecule has 0 bridgehead atoms. The summed E-state index contributed by atoms with van der Waals surface area (Å²) < 4.78 is 18.0. The summed E-state index contributed by atoms with van der Waals surface area (Å²) in [5, 5.41) is 3.25. The van der Waals surface area contributed by atoms with E-state index in [1.54, 1.807) is 33.9 Å². The molecule has 0 unspecified atom stereocenters. The molecule has 3 aromatic rings. The van der Waals surface area contributed by atoms with Crippen LogP contribution in [0.5, 0.6) is 17.2 Å². The maximum absolute atomic E-state index is 5.35. The molecule has 120 valence electrons. The molecular weight excluding hydrogens is 296 g/mol. The Bertz CT molecular complexity index is 819. The van der Waals surface area contributed by atoms with Gasteiger partial charge in [0.1, 0.15) is 11.3 Å². The molecular formula is C16H18N4O3. The summed E-state index contributed by atoms with van der Waals surface area (Å²) in [5.74, 6) is 2.41. The van der Waals surface area contributed by atoms with Gasteiger partial charge in [-0.3, -0.25) is 0 Å².